The number of ether oxygens (including phenoxy) is 1. The number of hydrogen-bond acceptors (Lipinski definition) is 2. The van der Waals surface area contributed by atoms with Crippen molar-refractivity contribution < 1.29 is 18.3 Å². The number of hydrogen-bond donors (Lipinski definition) is 0. The minimum Gasteiger partial charge on any atom is -0.377 e. The van der Waals surface area contributed by atoms with Crippen molar-refractivity contribution in [3.63, 3.8) is 0 Å². The Labute approximate surface area is 69.3 Å². The van der Waals surface area contributed by atoms with Crippen molar-refractivity contribution in [3.8, 4) is 0 Å². The second kappa shape index (κ2) is 3.80. The number of nitrogens with zero attached hydrogens (tertiary/aromatic N) is 1. The van der Waals surface area contributed by atoms with Crippen LogP contribution >= 0.6 is 0 Å². The van der Waals surface area contributed by atoms with Gasteiger partial charge in [-0.25, -0.2) is 0 Å². The molecule has 0 bridgehead atoms. The number of carbonyl (C=O) groups excluding carboxylic acids is 1. The highest BCUT2D eigenvalue weighted by Gasteiger charge is 2.29. The van der Waals surface area contributed by atoms with Crippen molar-refractivity contribution in [2.75, 3.05) is 19.8 Å². The van der Waals surface area contributed by atoms with Gasteiger partial charge in [-0.3, -0.25) is 4.79 Å². The van der Waals surface area contributed by atoms with Crippen LogP contribution in [-0.4, -0.2) is 43.0 Å². The molecule has 1 fully saturated rings. The van der Waals surface area contributed by atoms with E-state index in [2.05, 4.69) is 0 Å². The highest BCUT2D eigenvalue weighted by atomic mass is 19.3. The molecule has 0 aromatic heterocycles. The highest BCUT2D eigenvalue weighted by molar-refractivity contribution is 5.79. The van der Waals surface area contributed by atoms with E-state index in [4.69, 9.17) is 4.74 Å². The zero-order valence-corrected chi connectivity index (χ0v) is 6.80. The van der Waals surface area contributed by atoms with E-state index in [-0.39, 0.29) is 12.6 Å². The maximum absolute atomic E-state index is 12.0. The molecule has 0 saturated carbocycles. The maximum atomic E-state index is 12.0. The monoisotopic (exact) mass is 179 g/mol. The third-order valence-electron chi connectivity index (χ3n) is 1.84. The van der Waals surface area contributed by atoms with Gasteiger partial charge in [-0.1, -0.05) is 0 Å². The van der Waals surface area contributed by atoms with E-state index in [0.29, 0.717) is 13.2 Å². The molecule has 1 rings (SSSR count). The fourth-order valence-electron chi connectivity index (χ4n) is 1.18. The van der Waals surface area contributed by atoms with E-state index < -0.39 is 12.3 Å². The van der Waals surface area contributed by atoms with Crippen LogP contribution in [0, 0.1) is 0 Å². The first-order chi connectivity index (χ1) is 5.63. The predicted octanol–water partition coefficient (Wildman–Crippen LogP) is 0.499. The molecule has 1 aliphatic heterocycles. The fourth-order valence-corrected chi connectivity index (χ4v) is 1.18. The number of alkyl halides is 2. The molecule has 70 valence electrons. The molecule has 12 heavy (non-hydrogen) atoms. The lowest BCUT2D eigenvalue weighted by molar-refractivity contribution is -0.150. The summed E-state index contributed by atoms with van der Waals surface area (Å²) in [6.45, 7) is 2.66. The average Bonchev–Trinajstić information content (AvgIpc) is 2.04. The molecule has 1 amide bonds. The van der Waals surface area contributed by atoms with Crippen molar-refractivity contribution in [3.05, 3.63) is 0 Å². The smallest absolute Gasteiger partial charge is 0.315 e. The summed E-state index contributed by atoms with van der Waals surface area (Å²) >= 11 is 0. The molecule has 1 saturated heterocycles. The number of amides is 1. The molecule has 0 unspecified atom stereocenters. The van der Waals surface area contributed by atoms with Crippen LogP contribution in [0.4, 0.5) is 8.78 Å². The van der Waals surface area contributed by atoms with Gasteiger partial charge in [0, 0.05) is 6.54 Å². The van der Waals surface area contributed by atoms with Gasteiger partial charge in [-0.15, -0.1) is 0 Å². The molecule has 0 radical (unpaired) electrons. The minimum atomic E-state index is -2.90. The summed E-state index contributed by atoms with van der Waals surface area (Å²) in [6.07, 6.45) is -2.90. The zero-order chi connectivity index (χ0) is 9.14. The van der Waals surface area contributed by atoms with Crippen LogP contribution in [0.15, 0.2) is 0 Å². The number of carbonyl (C=O) groups is 1. The Morgan fingerprint density at radius 2 is 2.33 bits per heavy atom. The van der Waals surface area contributed by atoms with Gasteiger partial charge in [-0.2, -0.15) is 8.78 Å². The average molecular weight is 179 g/mol. The van der Waals surface area contributed by atoms with E-state index in [1.165, 1.54) is 0 Å². The quantitative estimate of drug-likeness (QED) is 0.586. The molecular formula is C7H11F2NO2. The molecule has 1 aliphatic rings. The summed E-state index contributed by atoms with van der Waals surface area (Å²) in [5.41, 5.74) is 0. The van der Waals surface area contributed by atoms with Gasteiger partial charge in [-0.05, 0) is 6.92 Å². The Balaban J connectivity index is 2.53. The van der Waals surface area contributed by atoms with Crippen LogP contribution in [0.3, 0.4) is 0 Å². The van der Waals surface area contributed by atoms with Crippen molar-refractivity contribution in [1.29, 1.82) is 0 Å². The number of morpholine rings is 1. The Bertz CT molecular complexity index is 175. The third kappa shape index (κ3) is 1.91. The molecule has 0 aromatic rings. The van der Waals surface area contributed by atoms with Crippen LogP contribution < -0.4 is 0 Å². The second-order valence-corrected chi connectivity index (χ2v) is 2.76. The van der Waals surface area contributed by atoms with E-state index in [0.717, 1.165) is 4.90 Å². The largest absolute Gasteiger partial charge is 0.377 e. The lowest BCUT2D eigenvalue weighted by atomic mass is 10.2. The fraction of sp³-hybridized carbons (Fsp3) is 0.857. The standard InChI is InChI=1S/C7H11F2NO2/c1-5-4-12-3-2-10(5)7(11)6(8)9/h5-6H,2-4H2,1H3/t5-/m1/s1. The van der Waals surface area contributed by atoms with Gasteiger partial charge in [0.15, 0.2) is 0 Å². The lowest BCUT2D eigenvalue weighted by Crippen LogP contribution is -2.49. The zero-order valence-electron chi connectivity index (χ0n) is 6.80. The third-order valence-corrected chi connectivity index (χ3v) is 1.84. The molecule has 1 atom stereocenters. The van der Waals surface area contributed by atoms with Crippen molar-refractivity contribution >= 4 is 5.91 Å². The summed E-state index contributed by atoms with van der Waals surface area (Å²) in [5.74, 6) is -1.09. The lowest BCUT2D eigenvalue weighted by Gasteiger charge is -2.32. The number of rotatable bonds is 1. The number of halogens is 2. The van der Waals surface area contributed by atoms with Crippen LogP contribution in [-0.2, 0) is 9.53 Å². The van der Waals surface area contributed by atoms with Crippen LogP contribution in [0.5, 0.6) is 0 Å². The van der Waals surface area contributed by atoms with E-state index in [1.54, 1.807) is 6.92 Å². The Morgan fingerprint density at radius 1 is 1.67 bits per heavy atom. The van der Waals surface area contributed by atoms with Gasteiger partial charge < -0.3 is 9.64 Å². The SMILES string of the molecule is C[C@@H]1COCCN1C(=O)C(F)F. The summed E-state index contributed by atoms with van der Waals surface area (Å²) in [4.78, 5) is 12.0. The molecular weight excluding hydrogens is 168 g/mol. The van der Waals surface area contributed by atoms with E-state index in [9.17, 15) is 13.6 Å². The van der Waals surface area contributed by atoms with Crippen LogP contribution in [0.1, 0.15) is 6.92 Å². The van der Waals surface area contributed by atoms with Gasteiger partial charge in [0.1, 0.15) is 0 Å². The van der Waals surface area contributed by atoms with Crippen molar-refractivity contribution in [2.45, 2.75) is 19.4 Å². The topological polar surface area (TPSA) is 29.5 Å². The first-order valence-electron chi connectivity index (χ1n) is 3.79. The first kappa shape index (κ1) is 9.38. The minimum absolute atomic E-state index is 0.236. The summed E-state index contributed by atoms with van der Waals surface area (Å²) < 4.78 is 28.9. The molecule has 0 spiro atoms. The predicted molar refractivity (Wildman–Crippen MR) is 38.0 cm³/mol. The van der Waals surface area contributed by atoms with Gasteiger partial charge in [0.2, 0.25) is 0 Å². The Morgan fingerprint density at radius 3 is 2.83 bits per heavy atom. The maximum Gasteiger partial charge on any atom is 0.315 e. The van der Waals surface area contributed by atoms with Gasteiger partial charge in [0.25, 0.3) is 5.91 Å². The molecule has 0 aromatic carbocycles. The van der Waals surface area contributed by atoms with Crippen molar-refractivity contribution in [2.24, 2.45) is 0 Å². The molecule has 5 heteroatoms. The van der Waals surface area contributed by atoms with Crippen LogP contribution in [0.2, 0.25) is 0 Å². The second-order valence-electron chi connectivity index (χ2n) is 2.76. The molecule has 0 aliphatic carbocycles. The van der Waals surface area contributed by atoms with Crippen molar-refractivity contribution in [1.82, 2.24) is 4.90 Å². The summed E-state index contributed by atoms with van der Waals surface area (Å²) in [7, 11) is 0. The molecule has 3 nitrogen and oxygen atoms in total. The summed E-state index contributed by atoms with van der Waals surface area (Å²) in [5, 5.41) is 0. The van der Waals surface area contributed by atoms with Crippen LogP contribution in [0.25, 0.3) is 0 Å². The molecule has 0 N–H and O–H groups in total. The van der Waals surface area contributed by atoms with E-state index >= 15 is 0 Å². The van der Waals surface area contributed by atoms with E-state index in [1.807, 2.05) is 0 Å². The molecule has 1 heterocycles. The summed E-state index contributed by atoms with van der Waals surface area (Å²) in [6, 6.07) is -0.236. The Hall–Kier alpha value is -0.710. The first-order valence-corrected chi connectivity index (χ1v) is 3.79. The van der Waals surface area contributed by atoms with Gasteiger partial charge in [0.05, 0.1) is 19.3 Å². The highest BCUT2D eigenvalue weighted by Crippen LogP contribution is 2.09. The van der Waals surface area contributed by atoms with Gasteiger partial charge >= 0.3 is 6.43 Å². The Kier molecular flexibility index (Phi) is 2.97. The normalized spacial score (nSPS) is 24.7.